The first-order valence-electron chi connectivity index (χ1n) is 5.30. The molecule has 0 aliphatic heterocycles. The summed E-state index contributed by atoms with van der Waals surface area (Å²) in [4.78, 5) is 0. The minimum atomic E-state index is 1.05. The normalized spacial score (nSPS) is 11.3. The predicted molar refractivity (Wildman–Crippen MR) is 67.0 cm³/mol. The summed E-state index contributed by atoms with van der Waals surface area (Å²) in [5.41, 5.74) is 1.05. The number of aromatic nitrogens is 3. The molecular weight excluding hydrogens is 212 g/mol. The molecule has 1 heterocycles. The second kappa shape index (κ2) is 4.17. The van der Waals surface area contributed by atoms with Gasteiger partial charge in [0, 0.05) is 0 Å². The molecule has 0 aliphatic carbocycles. The monoisotopic (exact) mass is 222 g/mol. The Morgan fingerprint density at radius 2 is 1.71 bits per heavy atom. The van der Waals surface area contributed by atoms with Crippen molar-refractivity contribution in [1.82, 2.24) is 14.9 Å². The van der Waals surface area contributed by atoms with Gasteiger partial charge in [-0.25, -0.2) is 4.68 Å². The fourth-order valence-electron chi connectivity index (χ4n) is 1.68. The molecule has 4 nitrogen and oxygen atoms in total. The molecule has 82 valence electrons. The molecule has 0 saturated carbocycles. The Morgan fingerprint density at radius 3 is 2.53 bits per heavy atom. The Bertz CT molecular complexity index is 656. The zero-order valence-electron chi connectivity index (χ0n) is 9.06. The van der Waals surface area contributed by atoms with Gasteiger partial charge in [0.05, 0.1) is 6.21 Å². The Balaban J connectivity index is 1.96. The van der Waals surface area contributed by atoms with E-state index in [2.05, 4.69) is 39.6 Å². The molecule has 0 bridgehead atoms. The molecule has 0 spiro atoms. The van der Waals surface area contributed by atoms with Crippen LogP contribution < -0.4 is 0 Å². The summed E-state index contributed by atoms with van der Waals surface area (Å²) >= 11 is 0. The maximum atomic E-state index is 4.21. The van der Waals surface area contributed by atoms with Gasteiger partial charge < -0.3 is 0 Å². The van der Waals surface area contributed by atoms with Crippen molar-refractivity contribution < 1.29 is 0 Å². The van der Waals surface area contributed by atoms with Gasteiger partial charge in [-0.05, 0) is 22.4 Å². The number of hydrogen-bond acceptors (Lipinski definition) is 3. The molecule has 4 heteroatoms. The van der Waals surface area contributed by atoms with Crippen LogP contribution in [-0.2, 0) is 0 Å². The maximum Gasteiger partial charge on any atom is 0.141 e. The standard InChI is InChI=1S/C13H10N4/c1-2-4-13-7-11(5-6-12(13)3-1)8-16-17-9-14-15-10-17/h1-10H/b16-8-. The third-order valence-electron chi connectivity index (χ3n) is 2.52. The van der Waals surface area contributed by atoms with Crippen molar-refractivity contribution in [1.29, 1.82) is 0 Å². The summed E-state index contributed by atoms with van der Waals surface area (Å²) in [5.74, 6) is 0. The maximum absolute atomic E-state index is 4.21. The van der Waals surface area contributed by atoms with Crippen LogP contribution in [0.25, 0.3) is 10.8 Å². The van der Waals surface area contributed by atoms with Crippen molar-refractivity contribution in [3.63, 3.8) is 0 Å². The van der Waals surface area contributed by atoms with Crippen LogP contribution in [0, 0.1) is 0 Å². The Morgan fingerprint density at radius 1 is 0.941 bits per heavy atom. The highest BCUT2D eigenvalue weighted by molar-refractivity contribution is 5.90. The number of benzene rings is 2. The molecule has 1 aromatic heterocycles. The summed E-state index contributed by atoms with van der Waals surface area (Å²) < 4.78 is 1.56. The van der Waals surface area contributed by atoms with E-state index in [4.69, 9.17) is 0 Å². The van der Waals surface area contributed by atoms with E-state index >= 15 is 0 Å². The molecule has 0 unspecified atom stereocenters. The molecule has 2 aromatic carbocycles. The smallest absolute Gasteiger partial charge is 0.141 e. The van der Waals surface area contributed by atoms with Crippen molar-refractivity contribution in [2.75, 3.05) is 0 Å². The summed E-state index contributed by atoms with van der Waals surface area (Å²) in [5, 5.41) is 14.0. The van der Waals surface area contributed by atoms with Crippen LogP contribution >= 0.6 is 0 Å². The van der Waals surface area contributed by atoms with Crippen LogP contribution in [0.1, 0.15) is 5.56 Å². The highest BCUT2D eigenvalue weighted by atomic mass is 15.4. The molecule has 0 saturated heterocycles. The van der Waals surface area contributed by atoms with E-state index in [1.54, 1.807) is 23.5 Å². The topological polar surface area (TPSA) is 43.1 Å². The van der Waals surface area contributed by atoms with Gasteiger partial charge in [0.2, 0.25) is 0 Å². The van der Waals surface area contributed by atoms with Gasteiger partial charge in [-0.1, -0.05) is 36.4 Å². The van der Waals surface area contributed by atoms with E-state index in [1.807, 2.05) is 18.2 Å². The lowest BCUT2D eigenvalue weighted by Crippen LogP contribution is -1.87. The summed E-state index contributed by atoms with van der Waals surface area (Å²) in [6.45, 7) is 0. The summed E-state index contributed by atoms with van der Waals surface area (Å²) in [6, 6.07) is 14.5. The first-order chi connectivity index (χ1) is 8.42. The third-order valence-corrected chi connectivity index (χ3v) is 2.52. The minimum Gasteiger partial charge on any atom is -0.208 e. The van der Waals surface area contributed by atoms with Crippen LogP contribution in [-0.4, -0.2) is 21.1 Å². The van der Waals surface area contributed by atoms with E-state index in [1.165, 1.54) is 10.8 Å². The van der Waals surface area contributed by atoms with Crippen LogP contribution in [0.4, 0.5) is 0 Å². The number of fused-ring (bicyclic) bond motifs is 1. The number of nitrogens with zero attached hydrogens (tertiary/aromatic N) is 4. The van der Waals surface area contributed by atoms with E-state index in [0.717, 1.165) is 5.56 Å². The Hall–Kier alpha value is -2.49. The molecule has 0 aliphatic rings. The summed E-state index contributed by atoms with van der Waals surface area (Å²) in [7, 11) is 0. The average molecular weight is 222 g/mol. The molecule has 0 radical (unpaired) electrons. The van der Waals surface area contributed by atoms with Crippen molar-refractivity contribution in [2.24, 2.45) is 5.10 Å². The molecule has 0 fully saturated rings. The minimum absolute atomic E-state index is 1.05. The van der Waals surface area contributed by atoms with E-state index in [0.29, 0.717) is 0 Å². The lowest BCUT2D eigenvalue weighted by atomic mass is 10.1. The molecule has 17 heavy (non-hydrogen) atoms. The summed E-state index contributed by atoms with van der Waals surface area (Å²) in [6.07, 6.45) is 4.89. The quantitative estimate of drug-likeness (QED) is 0.624. The first kappa shape index (κ1) is 9.72. The Kier molecular flexibility index (Phi) is 2.38. The fraction of sp³-hybridized carbons (Fsp3) is 0. The third kappa shape index (κ3) is 2.06. The molecule has 0 amide bonds. The second-order valence-corrected chi connectivity index (χ2v) is 3.69. The van der Waals surface area contributed by atoms with Crippen molar-refractivity contribution in [3.8, 4) is 0 Å². The van der Waals surface area contributed by atoms with Crippen LogP contribution in [0.3, 0.4) is 0 Å². The van der Waals surface area contributed by atoms with E-state index in [-0.39, 0.29) is 0 Å². The fourth-order valence-corrected chi connectivity index (χ4v) is 1.68. The van der Waals surface area contributed by atoms with Gasteiger partial charge in [0.1, 0.15) is 12.7 Å². The van der Waals surface area contributed by atoms with Gasteiger partial charge in [0.25, 0.3) is 0 Å². The number of rotatable bonds is 2. The van der Waals surface area contributed by atoms with Gasteiger partial charge in [-0.3, -0.25) is 0 Å². The van der Waals surface area contributed by atoms with Gasteiger partial charge in [-0.2, -0.15) is 5.10 Å². The zero-order valence-corrected chi connectivity index (χ0v) is 9.06. The second-order valence-electron chi connectivity index (χ2n) is 3.69. The molecule has 0 N–H and O–H groups in total. The van der Waals surface area contributed by atoms with Crippen molar-refractivity contribution in [3.05, 3.63) is 60.7 Å². The molecule has 3 rings (SSSR count). The highest BCUT2D eigenvalue weighted by Gasteiger charge is 1.93. The lowest BCUT2D eigenvalue weighted by Gasteiger charge is -1.98. The van der Waals surface area contributed by atoms with Crippen LogP contribution in [0.2, 0.25) is 0 Å². The lowest BCUT2D eigenvalue weighted by molar-refractivity contribution is 0.878. The van der Waals surface area contributed by atoms with Crippen molar-refractivity contribution in [2.45, 2.75) is 0 Å². The van der Waals surface area contributed by atoms with E-state index < -0.39 is 0 Å². The average Bonchev–Trinajstić information content (AvgIpc) is 2.89. The number of hydrogen-bond donors (Lipinski definition) is 0. The predicted octanol–water partition coefficient (Wildman–Crippen LogP) is 2.31. The zero-order chi connectivity index (χ0) is 11.5. The first-order valence-corrected chi connectivity index (χ1v) is 5.30. The highest BCUT2D eigenvalue weighted by Crippen LogP contribution is 2.14. The Labute approximate surface area is 98.2 Å². The van der Waals surface area contributed by atoms with Gasteiger partial charge in [0.15, 0.2) is 0 Å². The molecule has 0 atom stereocenters. The van der Waals surface area contributed by atoms with Crippen molar-refractivity contribution >= 4 is 17.0 Å². The SMILES string of the molecule is C(=N/n1cnnc1)/c1ccc2ccccc2c1. The molecular formula is C13H10N4. The van der Waals surface area contributed by atoms with E-state index in [9.17, 15) is 0 Å². The van der Waals surface area contributed by atoms with Gasteiger partial charge >= 0.3 is 0 Å². The van der Waals surface area contributed by atoms with Crippen LogP contribution in [0.5, 0.6) is 0 Å². The van der Waals surface area contributed by atoms with Crippen LogP contribution in [0.15, 0.2) is 60.2 Å². The van der Waals surface area contributed by atoms with Gasteiger partial charge in [-0.15, -0.1) is 10.2 Å². The largest absolute Gasteiger partial charge is 0.208 e. The molecule has 3 aromatic rings.